The molecule has 0 bridgehead atoms. The number of phenolic OH excluding ortho intramolecular Hbond substituents is 1. The summed E-state index contributed by atoms with van der Waals surface area (Å²) in [6, 6.07) is 15.2. The molecule has 0 aliphatic carbocycles. The van der Waals surface area contributed by atoms with Gasteiger partial charge < -0.3 is 15.5 Å². The van der Waals surface area contributed by atoms with Crippen LogP contribution in [0.5, 0.6) is 5.75 Å². The number of aromatic hydroxyl groups is 1. The van der Waals surface area contributed by atoms with Gasteiger partial charge in [-0.1, -0.05) is 44.7 Å². The van der Waals surface area contributed by atoms with Gasteiger partial charge in [0.05, 0.1) is 27.0 Å². The first-order chi connectivity index (χ1) is 14.7. The van der Waals surface area contributed by atoms with Crippen molar-refractivity contribution in [3.8, 4) is 5.75 Å². The average Bonchev–Trinajstić information content (AvgIpc) is 2.73. The van der Waals surface area contributed by atoms with Crippen LogP contribution in [0.15, 0.2) is 76.7 Å². The Kier molecular flexibility index (Phi) is 7.02. The highest BCUT2D eigenvalue weighted by molar-refractivity contribution is 7.99. The average molecular weight is 459 g/mol. The Labute approximate surface area is 187 Å². The highest BCUT2D eigenvalue weighted by Crippen LogP contribution is 2.40. The maximum Gasteiger partial charge on any atom is 0.261 e. The molecular weight excluding hydrogens is 432 g/mol. The van der Waals surface area contributed by atoms with Crippen molar-refractivity contribution in [2.75, 3.05) is 22.3 Å². The van der Waals surface area contributed by atoms with Crippen molar-refractivity contribution in [1.29, 1.82) is 0 Å². The van der Waals surface area contributed by atoms with E-state index < -0.39 is 10.0 Å². The molecule has 0 amide bonds. The molecule has 0 spiro atoms. The molecule has 0 atom stereocenters. The smallest absolute Gasteiger partial charge is 0.261 e. The number of thioether (sulfide) groups is 1. The number of phenols is 1. The molecule has 31 heavy (non-hydrogen) atoms. The summed E-state index contributed by atoms with van der Waals surface area (Å²) < 4.78 is 28.7. The summed E-state index contributed by atoms with van der Waals surface area (Å²) in [7, 11) is -3.85. The van der Waals surface area contributed by atoms with Gasteiger partial charge in [-0.15, -0.1) is 11.8 Å². The Hall–Kier alpha value is -2.84. The fourth-order valence-electron chi connectivity index (χ4n) is 2.97. The topological polar surface area (TPSA) is 98.7 Å². The van der Waals surface area contributed by atoms with Crippen molar-refractivity contribution < 1.29 is 18.6 Å². The van der Waals surface area contributed by atoms with Gasteiger partial charge in [-0.2, -0.15) is 0 Å². The van der Waals surface area contributed by atoms with Crippen molar-refractivity contribution in [1.82, 2.24) is 0 Å². The molecular formula is C23H26N2O4S2. The standard InChI is InChI=1S/C23H26N2O4S2/c1-15(2)13-24-17-8-10-18(11-9-17)31(28,29)25-21-12-22(30-14-16(3)26)23(27)20-7-5-4-6-19(20)21/h4-12,15,24-27H,3,13-14H2,1-2H3. The molecule has 3 aromatic rings. The van der Waals surface area contributed by atoms with E-state index in [1.54, 1.807) is 54.6 Å². The summed E-state index contributed by atoms with van der Waals surface area (Å²) in [5, 5.41) is 24.4. The van der Waals surface area contributed by atoms with Crippen LogP contribution < -0.4 is 10.0 Å². The van der Waals surface area contributed by atoms with Crippen LogP contribution in [0.2, 0.25) is 0 Å². The van der Waals surface area contributed by atoms with Crippen molar-refractivity contribution in [3.05, 3.63) is 66.9 Å². The zero-order valence-corrected chi connectivity index (χ0v) is 19.1. The molecule has 0 saturated carbocycles. The largest absolute Gasteiger partial charge is 0.512 e. The van der Waals surface area contributed by atoms with Gasteiger partial charge in [-0.3, -0.25) is 4.72 Å². The monoisotopic (exact) mass is 458 g/mol. The predicted octanol–water partition coefficient (Wildman–Crippen LogP) is 5.58. The van der Waals surface area contributed by atoms with Crippen LogP contribution in [0.25, 0.3) is 10.8 Å². The van der Waals surface area contributed by atoms with E-state index in [9.17, 15) is 18.6 Å². The summed E-state index contributed by atoms with van der Waals surface area (Å²) >= 11 is 1.17. The van der Waals surface area contributed by atoms with E-state index in [1.165, 1.54) is 11.8 Å². The zero-order chi connectivity index (χ0) is 22.6. The molecule has 0 radical (unpaired) electrons. The number of nitrogens with one attached hydrogen (secondary N) is 2. The molecule has 3 aromatic carbocycles. The van der Waals surface area contributed by atoms with Crippen molar-refractivity contribution in [2.45, 2.75) is 23.6 Å². The number of aliphatic hydroxyl groups excluding tert-OH is 1. The maximum atomic E-state index is 13.0. The minimum Gasteiger partial charge on any atom is -0.512 e. The number of sulfonamides is 1. The third kappa shape index (κ3) is 5.65. The highest BCUT2D eigenvalue weighted by atomic mass is 32.2. The fourth-order valence-corrected chi connectivity index (χ4v) is 4.81. The van der Waals surface area contributed by atoms with Gasteiger partial charge in [-0.05, 0) is 36.2 Å². The molecule has 4 N–H and O–H groups in total. The van der Waals surface area contributed by atoms with E-state index in [2.05, 4.69) is 30.5 Å². The lowest BCUT2D eigenvalue weighted by Crippen LogP contribution is -2.14. The minimum absolute atomic E-state index is 0.0328. The molecule has 8 heteroatoms. The Bertz CT molecular complexity index is 1190. The van der Waals surface area contributed by atoms with Gasteiger partial charge in [-0.25, -0.2) is 8.42 Å². The van der Waals surface area contributed by atoms with E-state index in [1.807, 2.05) is 0 Å². The number of hydrogen-bond donors (Lipinski definition) is 4. The van der Waals surface area contributed by atoms with Crippen molar-refractivity contribution in [3.63, 3.8) is 0 Å². The van der Waals surface area contributed by atoms with Crippen LogP contribution in [0.3, 0.4) is 0 Å². The van der Waals surface area contributed by atoms with E-state index in [4.69, 9.17) is 0 Å². The lowest BCUT2D eigenvalue weighted by molar-refractivity contribution is 0.420. The molecule has 0 aliphatic heterocycles. The highest BCUT2D eigenvalue weighted by Gasteiger charge is 2.19. The first kappa shape index (κ1) is 22.8. The van der Waals surface area contributed by atoms with Crippen molar-refractivity contribution >= 4 is 43.9 Å². The third-order valence-electron chi connectivity index (χ3n) is 4.50. The number of rotatable bonds is 9. The van der Waals surface area contributed by atoms with E-state index >= 15 is 0 Å². The Balaban J connectivity index is 1.94. The summed E-state index contributed by atoms with van der Waals surface area (Å²) in [6.45, 7) is 8.44. The number of fused-ring (bicyclic) bond motifs is 1. The molecule has 0 heterocycles. The Morgan fingerprint density at radius 1 is 1.10 bits per heavy atom. The van der Waals surface area contributed by atoms with E-state index in [0.717, 1.165) is 12.2 Å². The van der Waals surface area contributed by atoms with Gasteiger partial charge in [0.15, 0.2) is 0 Å². The Morgan fingerprint density at radius 3 is 2.35 bits per heavy atom. The van der Waals surface area contributed by atoms with E-state index in [-0.39, 0.29) is 22.2 Å². The molecule has 0 aromatic heterocycles. The summed E-state index contributed by atoms with van der Waals surface area (Å²) in [6.07, 6.45) is 0. The second-order valence-electron chi connectivity index (χ2n) is 7.58. The SMILES string of the molecule is C=C(O)CSc1cc(NS(=O)(=O)c2ccc(NCC(C)C)cc2)c2ccccc2c1O. The molecule has 6 nitrogen and oxygen atoms in total. The predicted molar refractivity (Wildman–Crippen MR) is 129 cm³/mol. The Morgan fingerprint density at radius 2 is 1.74 bits per heavy atom. The zero-order valence-electron chi connectivity index (χ0n) is 17.4. The minimum atomic E-state index is -3.85. The van der Waals surface area contributed by atoms with Crippen LogP contribution in [0, 0.1) is 5.92 Å². The number of aliphatic hydroxyl groups is 1. The quantitative estimate of drug-likeness (QED) is 0.190. The third-order valence-corrected chi connectivity index (χ3v) is 6.98. The number of benzene rings is 3. The lowest BCUT2D eigenvalue weighted by Gasteiger charge is -2.15. The van der Waals surface area contributed by atoms with Crippen LogP contribution in [0.4, 0.5) is 11.4 Å². The van der Waals surface area contributed by atoms with Gasteiger partial charge in [0, 0.05) is 23.0 Å². The van der Waals surface area contributed by atoms with Crippen LogP contribution >= 0.6 is 11.8 Å². The first-order valence-corrected chi connectivity index (χ1v) is 12.3. The van der Waals surface area contributed by atoms with Gasteiger partial charge in [0.2, 0.25) is 0 Å². The van der Waals surface area contributed by atoms with Gasteiger partial charge in [0.1, 0.15) is 5.75 Å². The molecule has 0 fully saturated rings. The van der Waals surface area contributed by atoms with Crippen LogP contribution in [0.1, 0.15) is 13.8 Å². The van der Waals surface area contributed by atoms with E-state index in [0.29, 0.717) is 27.3 Å². The second kappa shape index (κ2) is 9.53. The number of hydrogen-bond acceptors (Lipinski definition) is 6. The molecule has 0 saturated heterocycles. The lowest BCUT2D eigenvalue weighted by atomic mass is 10.1. The molecule has 3 rings (SSSR count). The number of anilines is 2. The summed E-state index contributed by atoms with van der Waals surface area (Å²) in [5.41, 5.74) is 1.20. The van der Waals surface area contributed by atoms with Gasteiger partial charge >= 0.3 is 0 Å². The molecule has 164 valence electrons. The maximum absolute atomic E-state index is 13.0. The second-order valence-corrected chi connectivity index (χ2v) is 10.3. The van der Waals surface area contributed by atoms with Crippen molar-refractivity contribution in [2.24, 2.45) is 5.92 Å². The van der Waals surface area contributed by atoms with Gasteiger partial charge in [0.25, 0.3) is 10.0 Å². The fraction of sp³-hybridized carbons (Fsp3) is 0.217. The normalized spacial score (nSPS) is 11.6. The molecule has 0 aliphatic rings. The summed E-state index contributed by atoms with van der Waals surface area (Å²) in [4.78, 5) is 0.581. The summed E-state index contributed by atoms with van der Waals surface area (Å²) in [5.74, 6) is 0.655. The van der Waals surface area contributed by atoms with Crippen LogP contribution in [-0.4, -0.2) is 30.9 Å². The molecule has 0 unspecified atom stereocenters. The van der Waals surface area contributed by atoms with Crippen LogP contribution in [-0.2, 0) is 10.0 Å². The first-order valence-electron chi connectivity index (χ1n) is 9.78.